The molecule has 1 aromatic carbocycles. The van der Waals surface area contributed by atoms with E-state index >= 15 is 0 Å². The normalized spacial score (nSPS) is 10.8. The number of aliphatic hydroxyl groups excluding tert-OH is 1. The van der Waals surface area contributed by atoms with Crippen molar-refractivity contribution in [3.8, 4) is 0 Å². The molecule has 6 heteroatoms. The maximum Gasteiger partial charge on any atom is 0.255 e. The van der Waals surface area contributed by atoms with Crippen LogP contribution in [0.1, 0.15) is 30.6 Å². The van der Waals surface area contributed by atoms with Crippen LogP contribution in [0, 0.1) is 0 Å². The Balaban J connectivity index is 3.09. The summed E-state index contributed by atoms with van der Waals surface area (Å²) >= 11 is 12.0. The minimum Gasteiger partial charge on any atom is -0.399 e. The third kappa shape index (κ3) is 4.00. The first-order valence-electron chi connectivity index (χ1n) is 6.04. The summed E-state index contributed by atoms with van der Waals surface area (Å²) < 4.78 is 0. The van der Waals surface area contributed by atoms with Crippen molar-refractivity contribution in [3.05, 3.63) is 27.7 Å². The van der Waals surface area contributed by atoms with Crippen molar-refractivity contribution in [2.75, 3.05) is 18.9 Å². The van der Waals surface area contributed by atoms with Crippen molar-refractivity contribution in [3.63, 3.8) is 0 Å². The average molecular weight is 305 g/mol. The Morgan fingerprint density at radius 1 is 1.42 bits per heavy atom. The summed E-state index contributed by atoms with van der Waals surface area (Å²) in [7, 11) is 0. The molecule has 0 heterocycles. The van der Waals surface area contributed by atoms with Gasteiger partial charge >= 0.3 is 0 Å². The van der Waals surface area contributed by atoms with Gasteiger partial charge in [0.1, 0.15) is 0 Å². The van der Waals surface area contributed by atoms with Gasteiger partial charge in [0.05, 0.1) is 15.6 Å². The number of amides is 1. The zero-order chi connectivity index (χ0) is 14.6. The van der Waals surface area contributed by atoms with E-state index in [-0.39, 0.29) is 28.6 Å². The summed E-state index contributed by atoms with van der Waals surface area (Å²) in [5.74, 6) is -0.234. The number of hydrogen-bond donors (Lipinski definition) is 2. The number of aliphatic hydroxyl groups is 1. The SMILES string of the molecule is CC(C)N(CCCO)C(=O)c1cc(N)cc(Cl)c1Cl. The van der Waals surface area contributed by atoms with Crippen LogP contribution in [0.4, 0.5) is 5.69 Å². The number of nitrogen functional groups attached to an aromatic ring is 1. The number of nitrogens with zero attached hydrogens (tertiary/aromatic N) is 1. The van der Waals surface area contributed by atoms with E-state index in [9.17, 15) is 4.79 Å². The molecule has 1 rings (SSSR count). The Hall–Kier alpha value is -0.970. The third-order valence-electron chi connectivity index (χ3n) is 2.72. The molecule has 0 spiro atoms. The summed E-state index contributed by atoms with van der Waals surface area (Å²) in [6.45, 7) is 4.28. The van der Waals surface area contributed by atoms with Crippen molar-refractivity contribution < 1.29 is 9.90 Å². The predicted octanol–water partition coefficient (Wildman–Crippen LogP) is 2.81. The number of nitrogens with two attached hydrogens (primary N) is 1. The number of benzene rings is 1. The quantitative estimate of drug-likeness (QED) is 0.822. The number of carbonyl (C=O) groups is 1. The molecule has 0 fully saturated rings. The van der Waals surface area contributed by atoms with Gasteiger partial charge in [-0.2, -0.15) is 0 Å². The van der Waals surface area contributed by atoms with Gasteiger partial charge < -0.3 is 15.7 Å². The maximum absolute atomic E-state index is 12.5. The van der Waals surface area contributed by atoms with Crippen LogP contribution in [0.15, 0.2) is 12.1 Å². The monoisotopic (exact) mass is 304 g/mol. The molecule has 0 saturated heterocycles. The van der Waals surface area contributed by atoms with Gasteiger partial charge in [0.25, 0.3) is 5.91 Å². The van der Waals surface area contributed by atoms with E-state index in [1.165, 1.54) is 12.1 Å². The summed E-state index contributed by atoms with van der Waals surface area (Å²) in [5, 5.41) is 9.35. The van der Waals surface area contributed by atoms with Gasteiger partial charge in [-0.05, 0) is 32.4 Å². The molecule has 0 saturated carbocycles. The third-order valence-corrected chi connectivity index (χ3v) is 3.52. The van der Waals surface area contributed by atoms with E-state index in [2.05, 4.69) is 0 Å². The lowest BCUT2D eigenvalue weighted by Gasteiger charge is -2.27. The lowest BCUT2D eigenvalue weighted by molar-refractivity contribution is 0.0693. The standard InChI is InChI=1S/C13H18Cl2N2O2/c1-8(2)17(4-3-5-18)13(19)10-6-9(16)7-11(14)12(10)15/h6-8,18H,3-5,16H2,1-2H3. The molecular weight excluding hydrogens is 287 g/mol. The maximum atomic E-state index is 12.5. The molecule has 106 valence electrons. The summed E-state index contributed by atoms with van der Waals surface area (Å²) in [6.07, 6.45) is 0.511. The first-order chi connectivity index (χ1) is 8.88. The van der Waals surface area contributed by atoms with Crippen molar-refractivity contribution >= 4 is 34.8 Å². The molecule has 1 aromatic rings. The molecule has 0 aromatic heterocycles. The number of anilines is 1. The fraction of sp³-hybridized carbons (Fsp3) is 0.462. The topological polar surface area (TPSA) is 66.6 Å². The zero-order valence-electron chi connectivity index (χ0n) is 11.0. The number of halogens is 2. The highest BCUT2D eigenvalue weighted by Crippen LogP contribution is 2.30. The average Bonchev–Trinajstić information content (AvgIpc) is 2.33. The first-order valence-corrected chi connectivity index (χ1v) is 6.80. The van der Waals surface area contributed by atoms with Crippen molar-refractivity contribution in [1.82, 2.24) is 4.90 Å². The fourth-order valence-electron chi connectivity index (χ4n) is 1.76. The molecule has 0 radical (unpaired) electrons. The smallest absolute Gasteiger partial charge is 0.255 e. The van der Waals surface area contributed by atoms with Crippen LogP contribution in [0.25, 0.3) is 0 Å². The lowest BCUT2D eigenvalue weighted by Crippen LogP contribution is -2.38. The number of rotatable bonds is 5. The van der Waals surface area contributed by atoms with Gasteiger partial charge in [0.2, 0.25) is 0 Å². The van der Waals surface area contributed by atoms with Gasteiger partial charge in [-0.15, -0.1) is 0 Å². The van der Waals surface area contributed by atoms with Gasteiger partial charge in [-0.3, -0.25) is 4.79 Å². The van der Waals surface area contributed by atoms with Gasteiger partial charge in [0, 0.05) is 24.9 Å². The summed E-state index contributed by atoms with van der Waals surface area (Å²) in [6, 6.07) is 3.02. The molecule has 4 nitrogen and oxygen atoms in total. The molecule has 3 N–H and O–H groups in total. The van der Waals surface area contributed by atoms with Crippen molar-refractivity contribution in [1.29, 1.82) is 0 Å². The molecule has 19 heavy (non-hydrogen) atoms. The minimum atomic E-state index is -0.234. The van der Waals surface area contributed by atoms with E-state index < -0.39 is 0 Å². The Morgan fingerprint density at radius 3 is 2.58 bits per heavy atom. The second-order valence-corrected chi connectivity index (χ2v) is 5.32. The summed E-state index contributed by atoms with van der Waals surface area (Å²) in [4.78, 5) is 14.1. The van der Waals surface area contributed by atoms with Crippen LogP contribution < -0.4 is 5.73 Å². The number of carbonyl (C=O) groups excluding carboxylic acids is 1. The molecule has 0 unspecified atom stereocenters. The van der Waals surface area contributed by atoms with Crippen LogP contribution in [0.3, 0.4) is 0 Å². The van der Waals surface area contributed by atoms with E-state index in [1.807, 2.05) is 13.8 Å². The van der Waals surface area contributed by atoms with Crippen LogP contribution in [0.5, 0.6) is 0 Å². The Morgan fingerprint density at radius 2 is 2.05 bits per heavy atom. The van der Waals surface area contributed by atoms with Crippen LogP contribution in [-0.4, -0.2) is 35.1 Å². The van der Waals surface area contributed by atoms with E-state index in [0.717, 1.165) is 0 Å². The van der Waals surface area contributed by atoms with Crippen molar-refractivity contribution in [2.24, 2.45) is 0 Å². The lowest BCUT2D eigenvalue weighted by atomic mass is 10.1. The molecule has 0 aliphatic heterocycles. The molecular formula is C13H18Cl2N2O2. The Labute approximate surface area is 123 Å². The Kier molecular flexibility index (Phi) is 5.91. The molecule has 0 bridgehead atoms. The molecule has 0 aliphatic rings. The van der Waals surface area contributed by atoms with Crippen LogP contribution >= 0.6 is 23.2 Å². The second-order valence-electron chi connectivity index (χ2n) is 4.53. The molecule has 0 aliphatic carbocycles. The molecule has 0 atom stereocenters. The van der Waals surface area contributed by atoms with E-state index in [4.69, 9.17) is 34.0 Å². The number of hydrogen-bond acceptors (Lipinski definition) is 3. The molecule has 1 amide bonds. The van der Waals surface area contributed by atoms with E-state index in [0.29, 0.717) is 24.2 Å². The van der Waals surface area contributed by atoms with E-state index in [1.54, 1.807) is 4.90 Å². The van der Waals surface area contributed by atoms with Gasteiger partial charge in [-0.25, -0.2) is 0 Å². The second kappa shape index (κ2) is 6.98. The zero-order valence-corrected chi connectivity index (χ0v) is 12.5. The highest BCUT2D eigenvalue weighted by atomic mass is 35.5. The van der Waals surface area contributed by atoms with Gasteiger partial charge in [0.15, 0.2) is 0 Å². The van der Waals surface area contributed by atoms with Gasteiger partial charge in [-0.1, -0.05) is 23.2 Å². The largest absolute Gasteiger partial charge is 0.399 e. The Bertz CT molecular complexity index is 464. The predicted molar refractivity (Wildman–Crippen MR) is 78.7 cm³/mol. The highest BCUT2D eigenvalue weighted by Gasteiger charge is 2.22. The van der Waals surface area contributed by atoms with Crippen LogP contribution in [0.2, 0.25) is 10.0 Å². The fourth-order valence-corrected chi connectivity index (χ4v) is 2.17. The summed E-state index contributed by atoms with van der Waals surface area (Å²) in [5.41, 5.74) is 6.37. The van der Waals surface area contributed by atoms with Crippen molar-refractivity contribution in [2.45, 2.75) is 26.3 Å². The van der Waals surface area contributed by atoms with Crippen LogP contribution in [-0.2, 0) is 0 Å². The first kappa shape index (κ1) is 16.1. The highest BCUT2D eigenvalue weighted by molar-refractivity contribution is 6.44. The minimum absolute atomic E-state index is 0.00433.